The van der Waals surface area contributed by atoms with Gasteiger partial charge in [0.2, 0.25) is 0 Å². The normalized spacial score (nSPS) is 30.3. The summed E-state index contributed by atoms with van der Waals surface area (Å²) in [4.78, 5) is 15.0. The molecule has 0 bridgehead atoms. The molecule has 1 aromatic rings. The highest BCUT2D eigenvalue weighted by Gasteiger charge is 2.46. The van der Waals surface area contributed by atoms with Crippen molar-refractivity contribution < 1.29 is 4.39 Å². The quantitative estimate of drug-likeness (QED) is 0.844. The summed E-state index contributed by atoms with van der Waals surface area (Å²) in [5, 5.41) is 2.03. The molecule has 0 aliphatic carbocycles. The maximum absolute atomic E-state index is 15.1. The minimum atomic E-state index is -0.976. The SMILES string of the molecule is Cc1ncc(CN2CCN3NC(C4=CCCC=N4)C(F)C3C2)c(N)n1. The maximum atomic E-state index is 15.1. The molecule has 2 saturated heterocycles. The Morgan fingerprint density at radius 1 is 1.36 bits per heavy atom. The van der Waals surface area contributed by atoms with Gasteiger partial charge in [-0.2, -0.15) is 0 Å². The van der Waals surface area contributed by atoms with E-state index in [-0.39, 0.29) is 12.1 Å². The molecule has 3 atom stereocenters. The Hall–Kier alpha value is -1.90. The highest BCUT2D eigenvalue weighted by atomic mass is 19.1. The van der Waals surface area contributed by atoms with Crippen molar-refractivity contribution in [2.45, 2.75) is 44.6 Å². The van der Waals surface area contributed by atoms with Crippen molar-refractivity contribution in [1.82, 2.24) is 25.3 Å². The number of aromatic nitrogens is 2. The van der Waals surface area contributed by atoms with Crippen molar-refractivity contribution in [1.29, 1.82) is 0 Å². The van der Waals surface area contributed by atoms with Crippen LogP contribution in [-0.4, -0.2) is 64.0 Å². The van der Waals surface area contributed by atoms with Gasteiger partial charge < -0.3 is 5.73 Å². The first-order valence-electron chi connectivity index (χ1n) is 8.81. The van der Waals surface area contributed by atoms with Crippen LogP contribution in [0.1, 0.15) is 24.2 Å². The Labute approximate surface area is 146 Å². The number of piperazine rings is 1. The molecule has 3 aliphatic heterocycles. The monoisotopic (exact) mass is 345 g/mol. The fraction of sp³-hybridized carbons (Fsp3) is 0.588. The molecule has 0 spiro atoms. The van der Waals surface area contributed by atoms with E-state index < -0.39 is 6.17 Å². The number of nitrogens with one attached hydrogen (secondary N) is 1. The van der Waals surface area contributed by atoms with E-state index in [1.165, 1.54) is 0 Å². The van der Waals surface area contributed by atoms with E-state index in [0.717, 1.165) is 37.2 Å². The van der Waals surface area contributed by atoms with Gasteiger partial charge in [0.1, 0.15) is 17.8 Å². The lowest BCUT2D eigenvalue weighted by Crippen LogP contribution is -2.54. The third kappa shape index (κ3) is 3.29. The zero-order valence-electron chi connectivity index (χ0n) is 14.4. The molecule has 25 heavy (non-hydrogen) atoms. The molecule has 3 N–H and O–H groups in total. The van der Waals surface area contributed by atoms with Crippen LogP contribution in [0.4, 0.5) is 10.2 Å². The van der Waals surface area contributed by atoms with Gasteiger partial charge in [-0.3, -0.25) is 9.89 Å². The van der Waals surface area contributed by atoms with E-state index in [1.807, 2.05) is 24.2 Å². The number of aryl methyl sites for hydroxylation is 1. The summed E-state index contributed by atoms with van der Waals surface area (Å²) < 4.78 is 15.1. The summed E-state index contributed by atoms with van der Waals surface area (Å²) in [6, 6.07) is -0.515. The molecular formula is C17H24FN7. The second kappa shape index (κ2) is 6.78. The Kier molecular flexibility index (Phi) is 4.49. The number of nitrogens with zero attached hydrogens (tertiary/aromatic N) is 5. The van der Waals surface area contributed by atoms with Crippen LogP contribution in [0.15, 0.2) is 23.0 Å². The Morgan fingerprint density at radius 2 is 2.24 bits per heavy atom. The lowest BCUT2D eigenvalue weighted by molar-refractivity contribution is 0.0501. The number of alkyl halides is 1. The van der Waals surface area contributed by atoms with Crippen LogP contribution in [0.2, 0.25) is 0 Å². The van der Waals surface area contributed by atoms with Crippen LogP contribution in [-0.2, 0) is 6.54 Å². The van der Waals surface area contributed by atoms with Gasteiger partial charge in [-0.15, -0.1) is 0 Å². The van der Waals surface area contributed by atoms with Crippen molar-refractivity contribution in [3.8, 4) is 0 Å². The summed E-state index contributed by atoms with van der Waals surface area (Å²) in [6.45, 7) is 4.73. The van der Waals surface area contributed by atoms with Crippen molar-refractivity contribution in [2.75, 3.05) is 25.4 Å². The molecular weight excluding hydrogens is 321 g/mol. The van der Waals surface area contributed by atoms with Crippen molar-refractivity contribution in [2.24, 2.45) is 4.99 Å². The highest BCUT2D eigenvalue weighted by molar-refractivity contribution is 5.61. The number of rotatable bonds is 3. The largest absolute Gasteiger partial charge is 0.383 e. The first kappa shape index (κ1) is 16.6. The van der Waals surface area contributed by atoms with E-state index in [9.17, 15) is 0 Å². The summed E-state index contributed by atoms with van der Waals surface area (Å²) in [5.74, 6) is 1.18. The number of hydrogen-bond donors (Lipinski definition) is 2. The third-order valence-electron chi connectivity index (χ3n) is 5.11. The molecule has 3 aliphatic rings. The lowest BCUT2D eigenvalue weighted by atomic mass is 10.0. The van der Waals surface area contributed by atoms with Crippen LogP contribution >= 0.6 is 0 Å². The molecule has 7 nitrogen and oxygen atoms in total. The number of allylic oxidation sites excluding steroid dienone is 1. The number of nitrogen functional groups attached to an aromatic ring is 1. The topological polar surface area (TPSA) is 82.7 Å². The van der Waals surface area contributed by atoms with Gasteiger partial charge in [0.05, 0.1) is 17.8 Å². The van der Waals surface area contributed by atoms with Crippen LogP contribution in [0, 0.1) is 6.92 Å². The predicted molar refractivity (Wildman–Crippen MR) is 94.6 cm³/mol. The van der Waals surface area contributed by atoms with E-state index >= 15 is 4.39 Å². The number of aliphatic imine (C=N–C) groups is 1. The molecule has 0 radical (unpaired) electrons. The van der Waals surface area contributed by atoms with Crippen molar-refractivity contribution >= 4 is 12.0 Å². The molecule has 4 rings (SSSR count). The van der Waals surface area contributed by atoms with E-state index in [1.54, 1.807) is 6.20 Å². The number of fused-ring (bicyclic) bond motifs is 1. The van der Waals surface area contributed by atoms with Gasteiger partial charge in [0.25, 0.3) is 0 Å². The third-order valence-corrected chi connectivity index (χ3v) is 5.11. The second-order valence-electron chi connectivity index (χ2n) is 6.89. The molecule has 2 fully saturated rings. The zero-order valence-corrected chi connectivity index (χ0v) is 14.4. The number of hydrazine groups is 1. The molecule has 4 heterocycles. The van der Waals surface area contributed by atoms with Crippen molar-refractivity contribution in [3.63, 3.8) is 0 Å². The molecule has 0 saturated carbocycles. The molecule has 134 valence electrons. The number of nitrogens with two attached hydrogens (primary N) is 1. The standard InChI is InChI=1S/C17H24FN7/c1-11-21-8-12(17(19)22-11)9-24-6-7-25-14(10-24)15(18)16(23-25)13-4-2-3-5-20-13/h4-5,8,14-16,23H,2-3,6-7,9-10H2,1H3,(H2,19,21,22). The molecule has 1 aromatic heterocycles. The highest BCUT2D eigenvalue weighted by Crippen LogP contribution is 2.29. The van der Waals surface area contributed by atoms with Gasteiger partial charge in [-0.1, -0.05) is 6.08 Å². The number of anilines is 1. The smallest absolute Gasteiger partial charge is 0.140 e. The van der Waals surface area contributed by atoms with Gasteiger partial charge in [-0.25, -0.2) is 24.8 Å². The summed E-state index contributed by atoms with van der Waals surface area (Å²) in [5.41, 5.74) is 11.0. The first-order chi connectivity index (χ1) is 12.1. The van der Waals surface area contributed by atoms with E-state index in [4.69, 9.17) is 5.73 Å². The van der Waals surface area contributed by atoms with Gasteiger partial charge in [0.15, 0.2) is 0 Å². The summed E-state index contributed by atoms with van der Waals surface area (Å²) in [6.07, 6.45) is 6.60. The Balaban J connectivity index is 1.44. The van der Waals surface area contributed by atoms with Gasteiger partial charge in [-0.05, 0) is 19.8 Å². The van der Waals surface area contributed by atoms with Gasteiger partial charge >= 0.3 is 0 Å². The Bertz CT molecular complexity index is 704. The fourth-order valence-electron chi connectivity index (χ4n) is 3.76. The lowest BCUT2D eigenvalue weighted by Gasteiger charge is -2.37. The molecule has 3 unspecified atom stereocenters. The van der Waals surface area contributed by atoms with Crippen LogP contribution < -0.4 is 11.2 Å². The summed E-state index contributed by atoms with van der Waals surface area (Å²) >= 11 is 0. The first-order valence-corrected chi connectivity index (χ1v) is 8.81. The maximum Gasteiger partial charge on any atom is 0.140 e. The number of hydrogen-bond acceptors (Lipinski definition) is 7. The fourth-order valence-corrected chi connectivity index (χ4v) is 3.76. The van der Waals surface area contributed by atoms with Crippen molar-refractivity contribution in [3.05, 3.63) is 29.4 Å². The average Bonchev–Trinajstić information content (AvgIpc) is 2.95. The van der Waals surface area contributed by atoms with Gasteiger partial charge in [0, 0.05) is 44.2 Å². The second-order valence-corrected chi connectivity index (χ2v) is 6.89. The van der Waals surface area contributed by atoms with E-state index in [2.05, 4.69) is 25.3 Å². The predicted octanol–water partition coefficient (Wildman–Crippen LogP) is 0.827. The molecule has 0 amide bonds. The van der Waals surface area contributed by atoms with Crippen LogP contribution in [0.5, 0.6) is 0 Å². The minimum Gasteiger partial charge on any atom is -0.383 e. The molecule has 0 aromatic carbocycles. The average molecular weight is 345 g/mol. The van der Waals surface area contributed by atoms with Crippen LogP contribution in [0.3, 0.4) is 0 Å². The number of halogens is 1. The van der Waals surface area contributed by atoms with E-state index in [0.29, 0.717) is 24.7 Å². The molecule has 8 heteroatoms. The minimum absolute atomic E-state index is 0.177. The Morgan fingerprint density at radius 3 is 3.00 bits per heavy atom. The summed E-state index contributed by atoms with van der Waals surface area (Å²) in [7, 11) is 0. The van der Waals surface area contributed by atoms with Crippen LogP contribution in [0.25, 0.3) is 0 Å². The zero-order chi connectivity index (χ0) is 17.4.